The molecule has 2 N–H and O–H groups in total. The zero-order chi connectivity index (χ0) is 21.2. The Bertz CT molecular complexity index is 1060. The monoisotopic (exact) mass is 429 g/mol. The number of hydrogen-bond donors (Lipinski definition) is 1. The summed E-state index contributed by atoms with van der Waals surface area (Å²) in [5, 5.41) is 0.597. The molecule has 2 rings (SSSR count). The van der Waals surface area contributed by atoms with E-state index in [0.29, 0.717) is 5.02 Å². The number of ketones is 1. The van der Waals surface area contributed by atoms with Crippen LogP contribution in [-0.4, -0.2) is 33.6 Å². The average molecular weight is 430 g/mol. The molecule has 9 nitrogen and oxygen atoms in total. The number of ether oxygens (including phenoxy) is 2. The van der Waals surface area contributed by atoms with Gasteiger partial charge in [0, 0.05) is 19.1 Å². The Morgan fingerprint density at radius 1 is 1.18 bits per heavy atom. The van der Waals surface area contributed by atoms with Gasteiger partial charge in [0.2, 0.25) is 5.78 Å². The van der Waals surface area contributed by atoms with E-state index in [1.165, 1.54) is 39.2 Å². The van der Waals surface area contributed by atoms with Crippen LogP contribution in [0, 0.1) is 0 Å². The lowest BCUT2D eigenvalue weighted by Gasteiger charge is -2.15. The lowest BCUT2D eigenvalue weighted by atomic mass is 10.2. The van der Waals surface area contributed by atoms with E-state index in [9.17, 15) is 19.2 Å². The number of rotatable bonds is 6. The van der Waals surface area contributed by atoms with Gasteiger partial charge in [-0.3, -0.25) is 18.7 Å². The molecule has 0 aliphatic heterocycles. The molecule has 0 amide bonds. The third kappa shape index (κ3) is 4.37. The van der Waals surface area contributed by atoms with Gasteiger partial charge in [0.25, 0.3) is 5.56 Å². The number of carbonyl (C=O) groups excluding carboxylic acids is 2. The zero-order valence-electron chi connectivity index (χ0n) is 15.2. The number of halogens is 2. The van der Waals surface area contributed by atoms with Crippen LogP contribution in [0.25, 0.3) is 0 Å². The molecular weight excluding hydrogens is 413 g/mol. The van der Waals surface area contributed by atoms with Gasteiger partial charge in [-0.1, -0.05) is 23.2 Å². The van der Waals surface area contributed by atoms with E-state index in [2.05, 4.69) is 0 Å². The summed E-state index contributed by atoms with van der Waals surface area (Å²) in [7, 11) is 2.52. The van der Waals surface area contributed by atoms with Crippen LogP contribution in [0.2, 0.25) is 10.0 Å². The maximum Gasteiger partial charge on any atom is 0.347 e. The number of carbonyl (C=O) groups is 2. The molecule has 0 bridgehead atoms. The van der Waals surface area contributed by atoms with Crippen LogP contribution >= 0.6 is 23.2 Å². The highest BCUT2D eigenvalue weighted by atomic mass is 35.5. The van der Waals surface area contributed by atoms with Crippen molar-refractivity contribution in [3.8, 4) is 5.75 Å². The Hall–Kier alpha value is -2.78. The van der Waals surface area contributed by atoms with Crippen molar-refractivity contribution >= 4 is 40.8 Å². The van der Waals surface area contributed by atoms with Gasteiger partial charge in [-0.25, -0.2) is 9.59 Å². The maximum absolute atomic E-state index is 12.3. The Balaban J connectivity index is 2.09. The van der Waals surface area contributed by atoms with Crippen LogP contribution < -0.4 is 21.7 Å². The van der Waals surface area contributed by atoms with Crippen molar-refractivity contribution in [2.24, 2.45) is 14.1 Å². The number of Topliss-reactive ketones (excluding diaryl/α,β-unsaturated/α-hetero) is 1. The van der Waals surface area contributed by atoms with Crippen molar-refractivity contribution < 1.29 is 19.1 Å². The molecule has 0 saturated carbocycles. The normalized spacial score (nSPS) is 11.8. The molecule has 0 fully saturated rings. The second kappa shape index (κ2) is 8.49. The number of nitrogen functional groups attached to an aromatic ring is 1. The molecular formula is C17H17Cl2N3O6. The summed E-state index contributed by atoms with van der Waals surface area (Å²) in [6.07, 6.45) is -1.09. The van der Waals surface area contributed by atoms with Crippen molar-refractivity contribution in [2.75, 3.05) is 12.3 Å². The summed E-state index contributed by atoms with van der Waals surface area (Å²) < 4.78 is 12.0. The maximum atomic E-state index is 12.3. The van der Waals surface area contributed by atoms with Crippen molar-refractivity contribution in [3.05, 3.63) is 54.6 Å². The van der Waals surface area contributed by atoms with E-state index in [1.54, 1.807) is 0 Å². The molecule has 0 radical (unpaired) electrons. The molecule has 2 aromatic rings. The summed E-state index contributed by atoms with van der Waals surface area (Å²) >= 11 is 11.8. The predicted molar refractivity (Wildman–Crippen MR) is 103 cm³/mol. The van der Waals surface area contributed by atoms with E-state index < -0.39 is 41.3 Å². The van der Waals surface area contributed by atoms with Crippen molar-refractivity contribution in [2.45, 2.75) is 13.0 Å². The van der Waals surface area contributed by atoms with Crippen molar-refractivity contribution in [3.63, 3.8) is 0 Å². The third-order valence-corrected chi connectivity index (χ3v) is 4.39. The smallest absolute Gasteiger partial charge is 0.347 e. The molecule has 1 aromatic heterocycles. The van der Waals surface area contributed by atoms with Crippen molar-refractivity contribution in [1.82, 2.24) is 9.13 Å². The van der Waals surface area contributed by atoms with Crippen LogP contribution in [0.5, 0.6) is 5.75 Å². The van der Waals surface area contributed by atoms with Gasteiger partial charge >= 0.3 is 11.7 Å². The van der Waals surface area contributed by atoms with Gasteiger partial charge in [0.05, 0.1) is 5.02 Å². The molecule has 0 saturated heterocycles. The van der Waals surface area contributed by atoms with Gasteiger partial charge < -0.3 is 15.2 Å². The number of esters is 1. The van der Waals surface area contributed by atoms with E-state index in [1.807, 2.05) is 0 Å². The lowest BCUT2D eigenvalue weighted by Crippen LogP contribution is -2.42. The Kier molecular flexibility index (Phi) is 6.52. The summed E-state index contributed by atoms with van der Waals surface area (Å²) in [6, 6.07) is 4.45. The highest BCUT2D eigenvalue weighted by Crippen LogP contribution is 2.28. The van der Waals surface area contributed by atoms with E-state index in [0.717, 1.165) is 9.13 Å². The van der Waals surface area contributed by atoms with Gasteiger partial charge in [-0.05, 0) is 25.1 Å². The third-order valence-electron chi connectivity index (χ3n) is 3.86. The standard InChI is InChI=1S/C17H17Cl2N3O6/c1-8(28-12-5-4-9(18)6-10(12)19)16(25)27-7-11(23)13-14(20)21(2)17(26)22(3)15(13)24/h4-6,8H,7,20H2,1-3H3/t8-/m1/s1. The number of nitrogens with two attached hydrogens (primary N) is 1. The SMILES string of the molecule is C[C@@H](Oc1ccc(Cl)cc1Cl)C(=O)OCC(=O)c1c(N)n(C)c(=O)n(C)c1=O. The minimum Gasteiger partial charge on any atom is -0.477 e. The number of aromatic nitrogens is 2. The Labute approximate surface area is 169 Å². The Morgan fingerprint density at radius 3 is 2.43 bits per heavy atom. The van der Waals surface area contributed by atoms with Crippen LogP contribution in [0.15, 0.2) is 27.8 Å². The fraction of sp³-hybridized carbons (Fsp3) is 0.294. The minimum atomic E-state index is -1.09. The predicted octanol–water partition coefficient (Wildman–Crippen LogP) is 1.17. The molecule has 1 aromatic carbocycles. The molecule has 0 aliphatic carbocycles. The summed E-state index contributed by atoms with van der Waals surface area (Å²) in [6.45, 7) is 0.649. The highest BCUT2D eigenvalue weighted by Gasteiger charge is 2.24. The first-order valence-corrected chi connectivity index (χ1v) is 8.67. The number of hydrogen-bond acceptors (Lipinski definition) is 7. The summed E-state index contributed by atoms with van der Waals surface area (Å²) in [5.41, 5.74) is 3.69. The summed E-state index contributed by atoms with van der Waals surface area (Å²) in [5.74, 6) is -1.82. The second-order valence-electron chi connectivity index (χ2n) is 5.83. The average Bonchev–Trinajstić information content (AvgIpc) is 2.65. The molecule has 11 heteroatoms. The van der Waals surface area contributed by atoms with Crippen molar-refractivity contribution in [1.29, 1.82) is 0 Å². The lowest BCUT2D eigenvalue weighted by molar-refractivity contribution is -0.149. The van der Waals surface area contributed by atoms with Gasteiger partial charge in [-0.2, -0.15) is 0 Å². The molecule has 0 spiro atoms. The first-order chi connectivity index (χ1) is 13.0. The van der Waals surface area contributed by atoms with E-state index in [4.69, 9.17) is 38.4 Å². The molecule has 0 aliphatic rings. The van der Waals surface area contributed by atoms with Gasteiger partial charge in [0.1, 0.15) is 17.1 Å². The van der Waals surface area contributed by atoms with Crippen LogP contribution in [0.4, 0.5) is 5.82 Å². The van der Waals surface area contributed by atoms with Gasteiger partial charge in [0.15, 0.2) is 12.7 Å². The second-order valence-corrected chi connectivity index (χ2v) is 6.68. The topological polar surface area (TPSA) is 123 Å². The fourth-order valence-corrected chi connectivity index (χ4v) is 2.71. The first-order valence-electron chi connectivity index (χ1n) is 7.91. The molecule has 150 valence electrons. The number of anilines is 1. The van der Waals surface area contributed by atoms with Gasteiger partial charge in [-0.15, -0.1) is 0 Å². The zero-order valence-corrected chi connectivity index (χ0v) is 16.7. The minimum absolute atomic E-state index is 0.199. The quantitative estimate of drug-likeness (QED) is 0.539. The largest absolute Gasteiger partial charge is 0.477 e. The number of benzene rings is 1. The molecule has 1 atom stereocenters. The Morgan fingerprint density at radius 2 is 1.82 bits per heavy atom. The molecule has 0 unspecified atom stereocenters. The number of nitrogens with zero attached hydrogens (tertiary/aromatic N) is 2. The van der Waals surface area contributed by atoms with E-state index in [-0.39, 0.29) is 16.6 Å². The highest BCUT2D eigenvalue weighted by molar-refractivity contribution is 6.35. The van der Waals surface area contributed by atoms with Crippen LogP contribution in [-0.2, 0) is 23.6 Å². The van der Waals surface area contributed by atoms with Crippen LogP contribution in [0.3, 0.4) is 0 Å². The summed E-state index contributed by atoms with van der Waals surface area (Å²) in [4.78, 5) is 48.3. The molecule has 1 heterocycles. The fourth-order valence-electron chi connectivity index (χ4n) is 2.26. The van der Waals surface area contributed by atoms with Crippen LogP contribution in [0.1, 0.15) is 17.3 Å². The molecule has 28 heavy (non-hydrogen) atoms. The van der Waals surface area contributed by atoms with E-state index >= 15 is 0 Å². The first kappa shape index (κ1) is 21.5.